The molecule has 11 heavy (non-hydrogen) atoms. The molecule has 0 aromatic rings. The lowest BCUT2D eigenvalue weighted by Crippen LogP contribution is -2.34. The van der Waals surface area contributed by atoms with Crippen LogP contribution in [0.1, 0.15) is 0 Å². The second-order valence-electron chi connectivity index (χ2n) is 2.78. The Bertz CT molecular complexity index is 112. The first-order valence-corrected chi connectivity index (χ1v) is 3.77. The third kappa shape index (κ3) is 2.04. The van der Waals surface area contributed by atoms with E-state index in [4.69, 9.17) is 4.74 Å². The van der Waals surface area contributed by atoms with Gasteiger partial charge in [0.15, 0.2) is 0 Å². The predicted molar refractivity (Wildman–Crippen MR) is 44.5 cm³/mol. The molecule has 2 aliphatic rings. The van der Waals surface area contributed by atoms with Crippen LogP contribution in [0.2, 0.25) is 0 Å². The van der Waals surface area contributed by atoms with Crippen LogP contribution < -0.4 is 16.2 Å². The van der Waals surface area contributed by atoms with E-state index >= 15 is 0 Å². The molecule has 2 heterocycles. The summed E-state index contributed by atoms with van der Waals surface area (Å²) in [5.41, 5.74) is 6.16. The number of halogens is 1. The summed E-state index contributed by atoms with van der Waals surface area (Å²) in [6.45, 7) is 3.87. The molecular formula is C6H14ClN3O. The summed E-state index contributed by atoms with van der Waals surface area (Å²) in [7, 11) is 0. The summed E-state index contributed by atoms with van der Waals surface area (Å²) in [5, 5.41) is 3.31. The third-order valence-corrected chi connectivity index (χ3v) is 2.02. The number of ether oxygens (including phenoxy) is 1. The average Bonchev–Trinajstić information content (AvgIpc) is 2.28. The molecule has 5 heteroatoms. The molecule has 3 N–H and O–H groups in total. The molecule has 0 amide bonds. The van der Waals surface area contributed by atoms with Gasteiger partial charge in [-0.2, -0.15) is 0 Å². The molecule has 0 radical (unpaired) electrons. The Morgan fingerprint density at radius 1 is 1.27 bits per heavy atom. The van der Waals surface area contributed by atoms with Gasteiger partial charge in [0.1, 0.15) is 6.23 Å². The molecule has 0 bridgehead atoms. The highest BCUT2D eigenvalue weighted by molar-refractivity contribution is 5.85. The zero-order chi connectivity index (χ0) is 6.81. The van der Waals surface area contributed by atoms with E-state index in [0.717, 1.165) is 26.2 Å². The predicted octanol–water partition coefficient (Wildman–Crippen LogP) is -0.922. The van der Waals surface area contributed by atoms with Crippen molar-refractivity contribution in [2.24, 2.45) is 5.92 Å². The molecule has 0 aromatic heterocycles. The molecule has 66 valence electrons. The monoisotopic (exact) mass is 179 g/mol. The zero-order valence-electron chi connectivity index (χ0n) is 6.30. The quantitative estimate of drug-likeness (QED) is 0.450. The normalized spacial score (nSPS) is 37.1. The van der Waals surface area contributed by atoms with Crippen molar-refractivity contribution in [1.29, 1.82) is 0 Å². The lowest BCUT2D eigenvalue weighted by Gasteiger charge is -2.13. The molecular weight excluding hydrogens is 166 g/mol. The largest absolute Gasteiger partial charge is 0.360 e. The van der Waals surface area contributed by atoms with Crippen LogP contribution in [0.25, 0.3) is 0 Å². The number of hydrogen-bond donors (Lipinski definition) is 3. The van der Waals surface area contributed by atoms with Crippen molar-refractivity contribution in [3.05, 3.63) is 0 Å². The van der Waals surface area contributed by atoms with Crippen molar-refractivity contribution < 1.29 is 4.74 Å². The van der Waals surface area contributed by atoms with Gasteiger partial charge >= 0.3 is 0 Å². The van der Waals surface area contributed by atoms with Gasteiger partial charge in [0, 0.05) is 25.6 Å². The van der Waals surface area contributed by atoms with Gasteiger partial charge in [-0.25, -0.2) is 5.43 Å². The minimum atomic E-state index is 0. The highest BCUT2D eigenvalue weighted by Gasteiger charge is 2.28. The third-order valence-electron chi connectivity index (χ3n) is 2.02. The van der Waals surface area contributed by atoms with Crippen LogP contribution in [0.5, 0.6) is 0 Å². The first-order chi connectivity index (χ1) is 4.97. The summed E-state index contributed by atoms with van der Waals surface area (Å²) in [6.07, 6.45) is 0.231. The maximum atomic E-state index is 5.49. The highest BCUT2D eigenvalue weighted by Crippen LogP contribution is 2.09. The Labute approximate surface area is 72.4 Å². The standard InChI is InChI=1S/C6H13N3O.ClH/c1-2-10-6-5(3-7-1)4-8-9-6;/h5-9H,1-4H2;1H. The zero-order valence-corrected chi connectivity index (χ0v) is 7.12. The number of fused-ring (bicyclic) bond motifs is 1. The minimum Gasteiger partial charge on any atom is -0.360 e. The van der Waals surface area contributed by atoms with E-state index in [1.165, 1.54) is 0 Å². The van der Waals surface area contributed by atoms with E-state index in [2.05, 4.69) is 16.2 Å². The van der Waals surface area contributed by atoms with Gasteiger partial charge in [0.2, 0.25) is 0 Å². The van der Waals surface area contributed by atoms with Crippen molar-refractivity contribution >= 4 is 12.4 Å². The van der Waals surface area contributed by atoms with Crippen LogP contribution in [0.3, 0.4) is 0 Å². The molecule has 4 nitrogen and oxygen atoms in total. The molecule has 2 atom stereocenters. The number of rotatable bonds is 0. The SMILES string of the molecule is C1COC2NNCC2CN1.Cl. The van der Waals surface area contributed by atoms with Crippen LogP contribution in [0.15, 0.2) is 0 Å². The van der Waals surface area contributed by atoms with Crippen molar-refractivity contribution in [2.45, 2.75) is 6.23 Å². The van der Waals surface area contributed by atoms with E-state index in [9.17, 15) is 0 Å². The van der Waals surface area contributed by atoms with E-state index in [0.29, 0.717) is 5.92 Å². The summed E-state index contributed by atoms with van der Waals surface area (Å²) in [4.78, 5) is 0. The van der Waals surface area contributed by atoms with Crippen LogP contribution in [0.4, 0.5) is 0 Å². The van der Waals surface area contributed by atoms with Gasteiger partial charge in [-0.05, 0) is 0 Å². The molecule has 0 aliphatic carbocycles. The van der Waals surface area contributed by atoms with Crippen LogP contribution >= 0.6 is 12.4 Å². The van der Waals surface area contributed by atoms with E-state index in [1.54, 1.807) is 0 Å². The molecule has 0 saturated carbocycles. The second-order valence-corrected chi connectivity index (χ2v) is 2.78. The molecule has 0 aromatic carbocycles. The number of hydrogen-bond acceptors (Lipinski definition) is 4. The van der Waals surface area contributed by atoms with Crippen LogP contribution in [-0.4, -0.2) is 32.5 Å². The van der Waals surface area contributed by atoms with Crippen molar-refractivity contribution in [3.63, 3.8) is 0 Å². The summed E-state index contributed by atoms with van der Waals surface area (Å²) in [6, 6.07) is 0. The lowest BCUT2D eigenvalue weighted by molar-refractivity contribution is 0.0305. The van der Waals surface area contributed by atoms with Crippen molar-refractivity contribution in [1.82, 2.24) is 16.2 Å². The average molecular weight is 180 g/mol. The second kappa shape index (κ2) is 4.23. The fraction of sp³-hybridized carbons (Fsp3) is 1.00. The van der Waals surface area contributed by atoms with Gasteiger partial charge in [-0.15, -0.1) is 12.4 Å². The Morgan fingerprint density at radius 3 is 3.09 bits per heavy atom. The minimum absolute atomic E-state index is 0. The van der Waals surface area contributed by atoms with Gasteiger partial charge in [0.05, 0.1) is 6.61 Å². The smallest absolute Gasteiger partial charge is 0.125 e. The summed E-state index contributed by atoms with van der Waals surface area (Å²) >= 11 is 0. The summed E-state index contributed by atoms with van der Waals surface area (Å²) < 4.78 is 5.49. The topological polar surface area (TPSA) is 45.3 Å². The summed E-state index contributed by atoms with van der Waals surface area (Å²) in [5.74, 6) is 0.600. The molecule has 0 spiro atoms. The number of nitrogens with one attached hydrogen (secondary N) is 3. The van der Waals surface area contributed by atoms with Crippen molar-refractivity contribution in [3.8, 4) is 0 Å². The lowest BCUT2D eigenvalue weighted by atomic mass is 10.1. The molecule has 2 unspecified atom stereocenters. The Morgan fingerprint density at radius 2 is 2.18 bits per heavy atom. The Balaban J connectivity index is 0.000000605. The maximum Gasteiger partial charge on any atom is 0.125 e. The van der Waals surface area contributed by atoms with Crippen LogP contribution in [-0.2, 0) is 4.74 Å². The maximum absolute atomic E-state index is 5.49. The van der Waals surface area contributed by atoms with Crippen LogP contribution in [0, 0.1) is 5.92 Å². The van der Waals surface area contributed by atoms with E-state index in [1.807, 2.05) is 0 Å². The molecule has 2 rings (SSSR count). The van der Waals surface area contributed by atoms with E-state index < -0.39 is 0 Å². The molecule has 2 saturated heterocycles. The highest BCUT2D eigenvalue weighted by atomic mass is 35.5. The van der Waals surface area contributed by atoms with Gasteiger partial charge in [-0.1, -0.05) is 0 Å². The first kappa shape index (κ1) is 9.22. The molecule has 2 fully saturated rings. The number of hydrazine groups is 1. The van der Waals surface area contributed by atoms with Crippen molar-refractivity contribution in [2.75, 3.05) is 26.2 Å². The fourth-order valence-corrected chi connectivity index (χ4v) is 1.42. The fourth-order valence-electron chi connectivity index (χ4n) is 1.42. The first-order valence-electron chi connectivity index (χ1n) is 3.77. The molecule has 2 aliphatic heterocycles. The Kier molecular flexibility index (Phi) is 3.54. The van der Waals surface area contributed by atoms with Gasteiger partial charge in [0.25, 0.3) is 0 Å². The van der Waals surface area contributed by atoms with Gasteiger partial charge in [-0.3, -0.25) is 5.43 Å². The van der Waals surface area contributed by atoms with E-state index in [-0.39, 0.29) is 18.6 Å². The van der Waals surface area contributed by atoms with Gasteiger partial charge < -0.3 is 10.1 Å². The Hall–Kier alpha value is 0.130.